The molecule has 2 rings (SSSR count). The fraction of sp³-hybridized carbons (Fsp3) is 0.385. The van der Waals surface area contributed by atoms with Gasteiger partial charge in [0, 0.05) is 5.69 Å². The fourth-order valence-corrected chi connectivity index (χ4v) is 2.07. The molecular formula is C13H14N2O2. The van der Waals surface area contributed by atoms with E-state index in [4.69, 9.17) is 5.26 Å². The van der Waals surface area contributed by atoms with Gasteiger partial charge in [-0.2, -0.15) is 5.26 Å². The van der Waals surface area contributed by atoms with Gasteiger partial charge in [-0.05, 0) is 49.9 Å². The van der Waals surface area contributed by atoms with Crippen LogP contribution in [0.25, 0.3) is 0 Å². The fourth-order valence-electron chi connectivity index (χ4n) is 2.07. The average Bonchev–Trinajstić information content (AvgIpc) is 2.23. The number of rotatable bonds is 3. The smallest absolute Gasteiger partial charge is 0.329 e. The molecular weight excluding hydrogens is 216 g/mol. The summed E-state index contributed by atoms with van der Waals surface area (Å²) in [5.74, 6) is -0.800. The van der Waals surface area contributed by atoms with Gasteiger partial charge in [-0.15, -0.1) is 0 Å². The van der Waals surface area contributed by atoms with Crippen LogP contribution in [0.5, 0.6) is 0 Å². The van der Waals surface area contributed by atoms with Crippen LogP contribution in [-0.4, -0.2) is 16.6 Å². The van der Waals surface area contributed by atoms with Gasteiger partial charge in [0.05, 0.1) is 11.6 Å². The molecule has 1 aromatic rings. The third-order valence-corrected chi connectivity index (χ3v) is 3.35. The number of hydrogen-bond acceptors (Lipinski definition) is 3. The SMILES string of the molecule is Cc1cc(NC2(C(=O)O)CCC2)ccc1C#N. The Morgan fingerprint density at radius 2 is 2.24 bits per heavy atom. The summed E-state index contributed by atoms with van der Waals surface area (Å²) in [5.41, 5.74) is 1.44. The van der Waals surface area contributed by atoms with Crippen LogP contribution < -0.4 is 5.32 Å². The van der Waals surface area contributed by atoms with Gasteiger partial charge in [0.2, 0.25) is 0 Å². The minimum atomic E-state index is -0.805. The number of benzene rings is 1. The van der Waals surface area contributed by atoms with E-state index in [0.717, 1.165) is 17.7 Å². The highest BCUT2D eigenvalue weighted by Crippen LogP contribution is 2.35. The molecule has 1 aliphatic rings. The van der Waals surface area contributed by atoms with E-state index in [1.54, 1.807) is 12.1 Å². The third kappa shape index (κ3) is 1.96. The van der Waals surface area contributed by atoms with Crippen LogP contribution in [0.2, 0.25) is 0 Å². The van der Waals surface area contributed by atoms with Gasteiger partial charge >= 0.3 is 5.97 Å². The largest absolute Gasteiger partial charge is 0.480 e. The summed E-state index contributed by atoms with van der Waals surface area (Å²) in [7, 11) is 0. The van der Waals surface area contributed by atoms with Crippen LogP contribution in [0.4, 0.5) is 5.69 Å². The lowest BCUT2D eigenvalue weighted by molar-refractivity contribution is -0.145. The highest BCUT2D eigenvalue weighted by molar-refractivity contribution is 5.84. The first-order valence-corrected chi connectivity index (χ1v) is 5.60. The van der Waals surface area contributed by atoms with Crippen LogP contribution in [0.15, 0.2) is 18.2 Å². The van der Waals surface area contributed by atoms with Crippen LogP contribution in [0, 0.1) is 18.3 Å². The molecule has 0 atom stereocenters. The van der Waals surface area contributed by atoms with Gasteiger partial charge in [0.15, 0.2) is 0 Å². The Balaban J connectivity index is 2.22. The maximum absolute atomic E-state index is 11.2. The molecule has 4 nitrogen and oxygen atoms in total. The molecule has 0 unspecified atom stereocenters. The van der Waals surface area contributed by atoms with E-state index in [-0.39, 0.29) is 0 Å². The van der Waals surface area contributed by atoms with E-state index < -0.39 is 11.5 Å². The summed E-state index contributed by atoms with van der Waals surface area (Å²) < 4.78 is 0. The Bertz CT molecular complexity index is 499. The highest BCUT2D eigenvalue weighted by atomic mass is 16.4. The number of carboxylic acids is 1. The topological polar surface area (TPSA) is 73.1 Å². The quantitative estimate of drug-likeness (QED) is 0.835. The molecule has 1 saturated carbocycles. The molecule has 17 heavy (non-hydrogen) atoms. The van der Waals surface area contributed by atoms with Crippen molar-refractivity contribution in [1.82, 2.24) is 0 Å². The minimum absolute atomic E-state index is 0.619. The zero-order chi connectivity index (χ0) is 12.5. The van der Waals surface area contributed by atoms with Gasteiger partial charge in [0.1, 0.15) is 5.54 Å². The first-order chi connectivity index (χ1) is 8.07. The van der Waals surface area contributed by atoms with E-state index in [0.29, 0.717) is 18.4 Å². The lowest BCUT2D eigenvalue weighted by Crippen LogP contribution is -2.52. The van der Waals surface area contributed by atoms with Crippen LogP contribution in [0.3, 0.4) is 0 Å². The number of aliphatic carboxylic acids is 1. The number of hydrogen-bond donors (Lipinski definition) is 2. The van der Waals surface area contributed by atoms with E-state index in [2.05, 4.69) is 11.4 Å². The minimum Gasteiger partial charge on any atom is -0.480 e. The maximum atomic E-state index is 11.2. The summed E-state index contributed by atoms with van der Waals surface area (Å²) in [6.45, 7) is 1.85. The number of nitrogens with one attached hydrogen (secondary N) is 1. The molecule has 0 aliphatic heterocycles. The molecule has 1 fully saturated rings. The van der Waals surface area contributed by atoms with Crippen molar-refractivity contribution in [3.8, 4) is 6.07 Å². The van der Waals surface area contributed by atoms with Crippen LogP contribution in [-0.2, 0) is 4.79 Å². The second kappa shape index (κ2) is 4.10. The molecule has 4 heteroatoms. The van der Waals surface area contributed by atoms with Gasteiger partial charge in [-0.1, -0.05) is 0 Å². The number of nitrogens with zero attached hydrogens (tertiary/aromatic N) is 1. The third-order valence-electron chi connectivity index (χ3n) is 3.35. The number of carboxylic acid groups (broad SMARTS) is 1. The van der Waals surface area contributed by atoms with Crippen molar-refractivity contribution in [2.75, 3.05) is 5.32 Å². The molecule has 88 valence electrons. The van der Waals surface area contributed by atoms with Crippen molar-refractivity contribution in [1.29, 1.82) is 5.26 Å². The van der Waals surface area contributed by atoms with Crippen molar-refractivity contribution in [2.24, 2.45) is 0 Å². The zero-order valence-corrected chi connectivity index (χ0v) is 9.66. The predicted octanol–water partition coefficient (Wildman–Crippen LogP) is 2.29. The molecule has 0 aromatic heterocycles. The van der Waals surface area contributed by atoms with Crippen LogP contribution >= 0.6 is 0 Å². The predicted molar refractivity (Wildman–Crippen MR) is 63.7 cm³/mol. The van der Waals surface area contributed by atoms with Crippen molar-refractivity contribution >= 4 is 11.7 Å². The Hall–Kier alpha value is -2.02. The lowest BCUT2D eigenvalue weighted by atomic mass is 9.76. The number of anilines is 1. The molecule has 1 aliphatic carbocycles. The molecule has 2 N–H and O–H groups in total. The Morgan fingerprint density at radius 3 is 2.65 bits per heavy atom. The van der Waals surface area contributed by atoms with E-state index in [1.165, 1.54) is 0 Å². The van der Waals surface area contributed by atoms with E-state index >= 15 is 0 Å². The van der Waals surface area contributed by atoms with Crippen molar-refractivity contribution < 1.29 is 9.90 Å². The standard InChI is InChI=1S/C13H14N2O2/c1-9-7-11(4-3-10(9)8-14)15-13(12(16)17)5-2-6-13/h3-4,7,15H,2,5-6H2,1H3,(H,16,17). The molecule has 0 radical (unpaired) electrons. The monoisotopic (exact) mass is 230 g/mol. The van der Waals surface area contributed by atoms with Crippen molar-refractivity contribution in [3.63, 3.8) is 0 Å². The first kappa shape index (κ1) is 11.5. The number of aryl methyl sites for hydroxylation is 1. The molecule has 0 spiro atoms. The van der Waals surface area contributed by atoms with Gasteiger partial charge in [-0.3, -0.25) is 0 Å². The molecule has 0 heterocycles. The molecule has 0 saturated heterocycles. The summed E-state index contributed by atoms with van der Waals surface area (Å²) in [5, 5.41) is 21.1. The van der Waals surface area contributed by atoms with E-state index in [1.807, 2.05) is 13.0 Å². The number of nitriles is 1. The summed E-state index contributed by atoms with van der Waals surface area (Å²) >= 11 is 0. The van der Waals surface area contributed by atoms with Gasteiger partial charge in [0.25, 0.3) is 0 Å². The average molecular weight is 230 g/mol. The Morgan fingerprint density at radius 1 is 1.53 bits per heavy atom. The number of carbonyl (C=O) groups is 1. The van der Waals surface area contributed by atoms with Gasteiger partial charge in [-0.25, -0.2) is 4.79 Å². The summed E-state index contributed by atoms with van der Waals surface area (Å²) in [6.07, 6.45) is 2.25. The van der Waals surface area contributed by atoms with Crippen molar-refractivity contribution in [3.05, 3.63) is 29.3 Å². The summed E-state index contributed by atoms with van der Waals surface area (Å²) in [4.78, 5) is 11.2. The van der Waals surface area contributed by atoms with Crippen LogP contribution in [0.1, 0.15) is 30.4 Å². The second-order valence-electron chi connectivity index (χ2n) is 4.51. The highest BCUT2D eigenvalue weighted by Gasteiger charge is 2.44. The zero-order valence-electron chi connectivity index (χ0n) is 9.66. The molecule has 0 amide bonds. The van der Waals surface area contributed by atoms with Crippen molar-refractivity contribution in [2.45, 2.75) is 31.7 Å². The maximum Gasteiger partial charge on any atom is 0.329 e. The second-order valence-corrected chi connectivity index (χ2v) is 4.51. The van der Waals surface area contributed by atoms with Gasteiger partial charge < -0.3 is 10.4 Å². The Kier molecular flexibility index (Phi) is 2.76. The Labute approximate surface area is 99.9 Å². The lowest BCUT2D eigenvalue weighted by Gasteiger charge is -2.39. The molecule has 0 bridgehead atoms. The first-order valence-electron chi connectivity index (χ1n) is 5.60. The molecule has 1 aromatic carbocycles. The summed E-state index contributed by atoms with van der Waals surface area (Å²) in [6, 6.07) is 7.39. The van der Waals surface area contributed by atoms with E-state index in [9.17, 15) is 9.90 Å². The normalized spacial score (nSPS) is 16.7.